The van der Waals surface area contributed by atoms with Crippen molar-refractivity contribution >= 4 is 11.6 Å². The third-order valence-corrected chi connectivity index (χ3v) is 5.67. The molecule has 1 aliphatic heterocycles. The second-order valence-electron chi connectivity index (χ2n) is 7.80. The van der Waals surface area contributed by atoms with Crippen LogP contribution in [-0.4, -0.2) is 34.9 Å². The lowest BCUT2D eigenvalue weighted by Crippen LogP contribution is -2.13. The number of benzene rings is 2. The lowest BCUT2D eigenvalue weighted by Gasteiger charge is -2.14. The Morgan fingerprint density at radius 1 is 1.16 bits per heavy atom. The van der Waals surface area contributed by atoms with Crippen LogP contribution in [0.4, 0.5) is 5.69 Å². The molecule has 0 saturated carbocycles. The normalized spacial score (nSPS) is 13.1. The summed E-state index contributed by atoms with van der Waals surface area (Å²) in [6.07, 6.45) is 6.76. The quantitative estimate of drug-likeness (QED) is 0.549. The Kier molecular flexibility index (Phi) is 6.54. The Balaban J connectivity index is 1.61. The van der Waals surface area contributed by atoms with Crippen molar-refractivity contribution in [3.05, 3.63) is 66.0 Å². The number of nitrogens with one attached hydrogen (secondary N) is 1. The van der Waals surface area contributed by atoms with Crippen molar-refractivity contribution < 1.29 is 14.3 Å². The summed E-state index contributed by atoms with van der Waals surface area (Å²) >= 11 is 0. The molecular weight excluding hydrogens is 404 g/mol. The molecule has 3 aromatic rings. The molecule has 1 N–H and O–H groups in total. The van der Waals surface area contributed by atoms with E-state index in [1.54, 1.807) is 32.4 Å². The van der Waals surface area contributed by atoms with Crippen molar-refractivity contribution in [1.29, 1.82) is 0 Å². The van der Waals surface area contributed by atoms with Crippen LogP contribution in [0.3, 0.4) is 0 Å². The summed E-state index contributed by atoms with van der Waals surface area (Å²) in [5, 5.41) is 11.8. The van der Waals surface area contributed by atoms with Gasteiger partial charge >= 0.3 is 0 Å². The van der Waals surface area contributed by atoms with E-state index in [-0.39, 0.29) is 5.91 Å². The fourth-order valence-corrected chi connectivity index (χ4v) is 4.12. The molecule has 32 heavy (non-hydrogen) atoms. The highest BCUT2D eigenvalue weighted by molar-refractivity contribution is 6.05. The topological polar surface area (TPSA) is 78.3 Å². The van der Waals surface area contributed by atoms with Crippen LogP contribution in [-0.2, 0) is 19.4 Å². The zero-order chi connectivity index (χ0) is 22.5. The summed E-state index contributed by atoms with van der Waals surface area (Å²) in [6, 6.07) is 11.2. The number of methoxy groups -OCH3 is 2. The second kappa shape index (κ2) is 9.68. The maximum Gasteiger partial charge on any atom is 0.255 e. The fraction of sp³-hybridized carbons (Fsp3) is 0.320. The zero-order valence-corrected chi connectivity index (χ0v) is 18.6. The van der Waals surface area contributed by atoms with Gasteiger partial charge in [0.05, 0.1) is 14.2 Å². The van der Waals surface area contributed by atoms with Gasteiger partial charge in [-0.2, -0.15) is 0 Å². The molecule has 2 heterocycles. The SMILES string of the molecule is C=CCc1cc(C(=O)Nc2cccc(-c3nnc4n3CCCCC4)c2)cc(OC)c1OC. The third-order valence-electron chi connectivity index (χ3n) is 5.67. The van der Waals surface area contributed by atoms with Gasteiger partial charge in [-0.25, -0.2) is 0 Å². The van der Waals surface area contributed by atoms with E-state index in [1.165, 1.54) is 6.42 Å². The van der Waals surface area contributed by atoms with Crippen LogP contribution < -0.4 is 14.8 Å². The molecule has 0 fully saturated rings. The number of allylic oxidation sites excluding steroid dienone is 1. The first-order valence-electron chi connectivity index (χ1n) is 10.8. The summed E-state index contributed by atoms with van der Waals surface area (Å²) in [5.74, 6) is 2.77. The average molecular weight is 433 g/mol. The first kappa shape index (κ1) is 21.6. The highest BCUT2D eigenvalue weighted by Crippen LogP contribution is 2.33. The van der Waals surface area contributed by atoms with Gasteiger partial charge in [-0.1, -0.05) is 24.6 Å². The molecule has 0 spiro atoms. The number of hydrogen-bond donors (Lipinski definition) is 1. The lowest BCUT2D eigenvalue weighted by molar-refractivity contribution is 0.102. The minimum Gasteiger partial charge on any atom is -0.493 e. The molecule has 0 radical (unpaired) electrons. The summed E-state index contributed by atoms with van der Waals surface area (Å²) in [7, 11) is 3.14. The van der Waals surface area contributed by atoms with E-state index >= 15 is 0 Å². The number of carbonyl (C=O) groups excluding carboxylic acids is 1. The van der Waals surface area contributed by atoms with Crippen molar-refractivity contribution in [1.82, 2.24) is 14.8 Å². The number of ether oxygens (including phenoxy) is 2. The zero-order valence-electron chi connectivity index (χ0n) is 18.6. The number of nitrogens with zero attached hydrogens (tertiary/aromatic N) is 3. The van der Waals surface area contributed by atoms with Gasteiger partial charge in [-0.05, 0) is 43.5 Å². The number of rotatable bonds is 7. The second-order valence-corrected chi connectivity index (χ2v) is 7.80. The monoisotopic (exact) mass is 432 g/mol. The standard InChI is InChI=1S/C25H28N4O3/c1-4-9-17-14-19(16-21(31-2)23(17)32-3)25(30)26-20-11-8-10-18(15-20)24-28-27-22-12-6-5-7-13-29(22)24/h4,8,10-11,14-16H,1,5-7,9,12-13H2,2-3H3,(H,26,30). The molecule has 7 nitrogen and oxygen atoms in total. The van der Waals surface area contributed by atoms with Gasteiger partial charge in [-0.15, -0.1) is 16.8 Å². The highest BCUT2D eigenvalue weighted by atomic mass is 16.5. The van der Waals surface area contributed by atoms with E-state index in [0.717, 1.165) is 48.6 Å². The Morgan fingerprint density at radius 3 is 2.81 bits per heavy atom. The maximum atomic E-state index is 13.0. The van der Waals surface area contributed by atoms with E-state index in [9.17, 15) is 4.79 Å². The van der Waals surface area contributed by atoms with Crippen LogP contribution in [0.15, 0.2) is 49.1 Å². The Hall–Kier alpha value is -3.61. The van der Waals surface area contributed by atoms with Crippen LogP contribution in [0.5, 0.6) is 11.5 Å². The van der Waals surface area contributed by atoms with Crippen molar-refractivity contribution in [3.8, 4) is 22.9 Å². The number of aromatic nitrogens is 3. The predicted octanol–water partition coefficient (Wildman–Crippen LogP) is 4.67. The summed E-state index contributed by atoms with van der Waals surface area (Å²) in [4.78, 5) is 13.0. The highest BCUT2D eigenvalue weighted by Gasteiger charge is 2.18. The molecule has 0 bridgehead atoms. The Labute approximate surface area is 188 Å². The number of aryl methyl sites for hydroxylation is 1. The first-order valence-corrected chi connectivity index (χ1v) is 10.8. The largest absolute Gasteiger partial charge is 0.493 e. The molecular formula is C25H28N4O3. The third kappa shape index (κ3) is 4.37. The molecule has 1 amide bonds. The first-order chi connectivity index (χ1) is 15.6. The summed E-state index contributed by atoms with van der Waals surface area (Å²) < 4.78 is 13.1. The number of anilines is 1. The number of fused-ring (bicyclic) bond motifs is 1. The molecule has 2 aromatic carbocycles. The van der Waals surface area contributed by atoms with Gasteiger partial charge in [0.15, 0.2) is 17.3 Å². The van der Waals surface area contributed by atoms with E-state index < -0.39 is 0 Å². The van der Waals surface area contributed by atoms with Crippen LogP contribution in [0.25, 0.3) is 11.4 Å². The van der Waals surface area contributed by atoms with E-state index in [2.05, 4.69) is 26.7 Å². The van der Waals surface area contributed by atoms with E-state index in [4.69, 9.17) is 9.47 Å². The van der Waals surface area contributed by atoms with Crippen molar-refractivity contribution in [2.75, 3.05) is 19.5 Å². The molecule has 4 rings (SSSR count). The van der Waals surface area contributed by atoms with Gasteiger partial charge in [0.2, 0.25) is 0 Å². The van der Waals surface area contributed by atoms with Gasteiger partial charge in [0, 0.05) is 35.3 Å². The molecule has 166 valence electrons. The minimum absolute atomic E-state index is 0.228. The number of hydrogen-bond acceptors (Lipinski definition) is 5. The minimum atomic E-state index is -0.228. The van der Waals surface area contributed by atoms with Crippen molar-refractivity contribution in [3.63, 3.8) is 0 Å². The van der Waals surface area contributed by atoms with Crippen LogP contribution in [0, 0.1) is 0 Å². The lowest BCUT2D eigenvalue weighted by atomic mass is 10.0. The number of amides is 1. The fourth-order valence-electron chi connectivity index (χ4n) is 4.12. The predicted molar refractivity (Wildman–Crippen MR) is 124 cm³/mol. The van der Waals surface area contributed by atoms with E-state index in [0.29, 0.717) is 29.2 Å². The van der Waals surface area contributed by atoms with Crippen LogP contribution in [0.2, 0.25) is 0 Å². The van der Waals surface area contributed by atoms with Gasteiger partial charge in [0.25, 0.3) is 5.91 Å². The maximum absolute atomic E-state index is 13.0. The Morgan fingerprint density at radius 2 is 2.03 bits per heavy atom. The molecule has 1 aromatic heterocycles. The molecule has 0 saturated heterocycles. The van der Waals surface area contributed by atoms with Crippen molar-refractivity contribution in [2.45, 2.75) is 38.6 Å². The van der Waals surface area contributed by atoms with Gasteiger partial charge in [0.1, 0.15) is 5.82 Å². The average Bonchev–Trinajstić information content (AvgIpc) is 3.07. The Bertz CT molecular complexity index is 1140. The summed E-state index contributed by atoms with van der Waals surface area (Å²) in [6.45, 7) is 4.71. The molecule has 7 heteroatoms. The van der Waals surface area contributed by atoms with Gasteiger partial charge in [-0.3, -0.25) is 4.79 Å². The van der Waals surface area contributed by atoms with Crippen LogP contribution in [0.1, 0.15) is 41.0 Å². The van der Waals surface area contributed by atoms with Gasteiger partial charge < -0.3 is 19.4 Å². The smallest absolute Gasteiger partial charge is 0.255 e. The molecule has 0 aliphatic carbocycles. The van der Waals surface area contributed by atoms with E-state index in [1.807, 2.05) is 24.3 Å². The van der Waals surface area contributed by atoms with Crippen molar-refractivity contribution in [2.24, 2.45) is 0 Å². The molecule has 0 atom stereocenters. The number of carbonyl (C=O) groups is 1. The molecule has 1 aliphatic rings. The summed E-state index contributed by atoms with van der Waals surface area (Å²) in [5.41, 5.74) is 2.95. The van der Waals surface area contributed by atoms with Crippen LogP contribution >= 0.6 is 0 Å². The molecule has 0 unspecified atom stereocenters.